The maximum Gasteiger partial charge on any atom is 0.265 e. The largest absolute Gasteiger partial charge is 0.479 e. The summed E-state index contributed by atoms with van der Waals surface area (Å²) in [6, 6.07) is 8.89. The molecule has 2 N–H and O–H groups in total. The Balaban J connectivity index is 1.56. The van der Waals surface area contributed by atoms with Crippen molar-refractivity contribution < 1.29 is 22.7 Å². The molecule has 2 aliphatic heterocycles. The number of amides is 2. The summed E-state index contributed by atoms with van der Waals surface area (Å²) in [5.74, 6) is -0.561. The molecule has 4 rings (SSSR count). The molecular formula is C24H29N3O5S. The summed E-state index contributed by atoms with van der Waals surface area (Å²) in [5, 5.41) is 5.74. The summed E-state index contributed by atoms with van der Waals surface area (Å²) in [5.41, 5.74) is 3.68. The molecule has 0 spiro atoms. The van der Waals surface area contributed by atoms with E-state index in [-0.39, 0.29) is 23.3 Å². The topological polar surface area (TPSA) is 105 Å². The summed E-state index contributed by atoms with van der Waals surface area (Å²) in [4.78, 5) is 25.0. The van der Waals surface area contributed by atoms with Crippen LogP contribution in [-0.2, 0) is 19.6 Å². The van der Waals surface area contributed by atoms with E-state index in [1.807, 2.05) is 32.0 Å². The molecule has 176 valence electrons. The number of hydrogen-bond donors (Lipinski definition) is 2. The molecule has 0 radical (unpaired) electrons. The Kier molecular flexibility index (Phi) is 6.20. The van der Waals surface area contributed by atoms with Gasteiger partial charge in [0.1, 0.15) is 5.75 Å². The zero-order chi connectivity index (χ0) is 23.9. The predicted molar refractivity (Wildman–Crippen MR) is 126 cm³/mol. The van der Waals surface area contributed by atoms with Gasteiger partial charge in [0, 0.05) is 24.8 Å². The summed E-state index contributed by atoms with van der Waals surface area (Å²) in [6.07, 6.45) is 0.514. The molecule has 2 atom stereocenters. The van der Waals surface area contributed by atoms with E-state index in [1.165, 1.54) is 10.4 Å². The lowest BCUT2D eigenvalue weighted by Crippen LogP contribution is -2.44. The van der Waals surface area contributed by atoms with Crippen LogP contribution < -0.4 is 15.4 Å². The van der Waals surface area contributed by atoms with Crippen molar-refractivity contribution in [3.05, 3.63) is 47.0 Å². The minimum atomic E-state index is -3.85. The number of benzene rings is 2. The van der Waals surface area contributed by atoms with Crippen molar-refractivity contribution in [1.29, 1.82) is 0 Å². The van der Waals surface area contributed by atoms with E-state index in [2.05, 4.69) is 10.6 Å². The first-order chi connectivity index (χ1) is 15.6. The summed E-state index contributed by atoms with van der Waals surface area (Å²) in [7, 11) is -3.85. The van der Waals surface area contributed by atoms with E-state index >= 15 is 0 Å². The van der Waals surface area contributed by atoms with E-state index in [1.54, 1.807) is 19.9 Å². The molecule has 0 aliphatic carbocycles. The van der Waals surface area contributed by atoms with Crippen LogP contribution in [0.3, 0.4) is 0 Å². The van der Waals surface area contributed by atoms with Crippen molar-refractivity contribution in [3.63, 3.8) is 0 Å². The van der Waals surface area contributed by atoms with Crippen molar-refractivity contribution in [3.8, 4) is 5.75 Å². The van der Waals surface area contributed by atoms with Crippen LogP contribution in [-0.4, -0.2) is 43.7 Å². The molecule has 0 unspecified atom stereocenters. The molecule has 2 aromatic rings. The van der Waals surface area contributed by atoms with Gasteiger partial charge in [0.15, 0.2) is 6.10 Å². The molecule has 0 aromatic heterocycles. The Morgan fingerprint density at radius 3 is 2.55 bits per heavy atom. The fraction of sp³-hybridized carbons (Fsp3) is 0.417. The minimum Gasteiger partial charge on any atom is -0.479 e. The van der Waals surface area contributed by atoms with Gasteiger partial charge in [0.25, 0.3) is 5.91 Å². The van der Waals surface area contributed by atoms with Crippen molar-refractivity contribution >= 4 is 33.2 Å². The van der Waals surface area contributed by atoms with E-state index in [9.17, 15) is 18.0 Å². The van der Waals surface area contributed by atoms with Gasteiger partial charge < -0.3 is 15.4 Å². The number of rotatable bonds is 4. The summed E-state index contributed by atoms with van der Waals surface area (Å²) < 4.78 is 34.0. The third kappa shape index (κ3) is 4.47. The van der Waals surface area contributed by atoms with E-state index < -0.39 is 22.0 Å². The zero-order valence-electron chi connectivity index (χ0n) is 19.3. The minimum absolute atomic E-state index is 0.115. The molecular weight excluding hydrogens is 442 g/mol. The van der Waals surface area contributed by atoms with Gasteiger partial charge in [-0.05, 0) is 63.3 Å². The summed E-state index contributed by atoms with van der Waals surface area (Å²) >= 11 is 0. The highest BCUT2D eigenvalue weighted by Gasteiger charge is 2.35. The molecule has 2 amide bonds. The van der Waals surface area contributed by atoms with Gasteiger partial charge in [-0.1, -0.05) is 18.2 Å². The monoisotopic (exact) mass is 471 g/mol. The smallest absolute Gasteiger partial charge is 0.265 e. The molecule has 8 nitrogen and oxygen atoms in total. The Morgan fingerprint density at radius 1 is 1.15 bits per heavy atom. The number of carbonyl (C=O) groups is 2. The van der Waals surface area contributed by atoms with Crippen LogP contribution in [0.4, 0.5) is 11.4 Å². The number of nitrogens with zero attached hydrogens (tertiary/aromatic N) is 1. The zero-order valence-corrected chi connectivity index (χ0v) is 20.1. The molecule has 2 heterocycles. The van der Waals surface area contributed by atoms with Gasteiger partial charge >= 0.3 is 0 Å². The van der Waals surface area contributed by atoms with Crippen LogP contribution in [0.1, 0.15) is 36.5 Å². The maximum absolute atomic E-state index is 13.5. The van der Waals surface area contributed by atoms with Crippen LogP contribution >= 0.6 is 0 Å². The number of carbonyl (C=O) groups excluding carboxylic acids is 2. The average Bonchev–Trinajstić information content (AvgIpc) is 2.77. The van der Waals surface area contributed by atoms with Crippen molar-refractivity contribution in [2.45, 2.75) is 51.5 Å². The number of piperidine rings is 1. The van der Waals surface area contributed by atoms with Crippen LogP contribution in [0.25, 0.3) is 0 Å². The van der Waals surface area contributed by atoms with Crippen LogP contribution in [0.2, 0.25) is 0 Å². The first-order valence-corrected chi connectivity index (χ1v) is 12.5. The number of nitrogens with one attached hydrogen (secondary N) is 2. The number of para-hydroxylation sites is 1. The lowest BCUT2D eigenvalue weighted by Gasteiger charge is -2.32. The van der Waals surface area contributed by atoms with Gasteiger partial charge in [0.05, 0.1) is 16.5 Å². The average molecular weight is 472 g/mol. The Morgan fingerprint density at radius 2 is 1.85 bits per heavy atom. The fourth-order valence-electron chi connectivity index (χ4n) is 4.37. The maximum atomic E-state index is 13.5. The molecule has 0 saturated carbocycles. The normalized spacial score (nSPS) is 21.0. The van der Waals surface area contributed by atoms with Crippen LogP contribution in [0, 0.1) is 26.7 Å². The van der Waals surface area contributed by atoms with E-state index in [0.717, 1.165) is 16.8 Å². The molecule has 1 saturated heterocycles. The molecule has 2 aromatic carbocycles. The van der Waals surface area contributed by atoms with Crippen LogP contribution in [0.5, 0.6) is 5.75 Å². The van der Waals surface area contributed by atoms with E-state index in [4.69, 9.17) is 4.74 Å². The first kappa shape index (κ1) is 23.3. The lowest BCUT2D eigenvalue weighted by molar-refractivity contribution is -0.123. The Bertz CT molecular complexity index is 1200. The second-order valence-electron chi connectivity index (χ2n) is 8.82. The number of ether oxygens (including phenoxy) is 1. The third-order valence-electron chi connectivity index (χ3n) is 6.31. The van der Waals surface area contributed by atoms with Crippen molar-refractivity contribution in [2.75, 3.05) is 23.7 Å². The highest BCUT2D eigenvalue weighted by atomic mass is 32.2. The third-order valence-corrected chi connectivity index (χ3v) is 8.32. The number of aryl methyl sites for hydroxylation is 3. The highest BCUT2D eigenvalue weighted by molar-refractivity contribution is 7.89. The Hall–Kier alpha value is -2.91. The molecule has 0 bridgehead atoms. The molecule has 33 heavy (non-hydrogen) atoms. The number of hydrogen-bond acceptors (Lipinski definition) is 5. The van der Waals surface area contributed by atoms with E-state index in [0.29, 0.717) is 36.4 Å². The first-order valence-electron chi connectivity index (χ1n) is 11.1. The highest BCUT2D eigenvalue weighted by Crippen LogP contribution is 2.36. The summed E-state index contributed by atoms with van der Waals surface area (Å²) in [6.45, 7) is 7.63. The van der Waals surface area contributed by atoms with Gasteiger partial charge in [-0.3, -0.25) is 9.59 Å². The SMILES string of the molecule is Cc1cc2c(cc1S(=O)(=O)N1CCC[C@@H](C(=O)Nc3c(C)cccc3C)C1)O[C@H](C)C(=O)N2. The van der Waals surface area contributed by atoms with Gasteiger partial charge in [-0.2, -0.15) is 4.31 Å². The quantitative estimate of drug-likeness (QED) is 0.711. The second-order valence-corrected chi connectivity index (χ2v) is 10.7. The molecule has 9 heteroatoms. The lowest BCUT2D eigenvalue weighted by atomic mass is 9.98. The molecule has 1 fully saturated rings. The predicted octanol–water partition coefficient (Wildman–Crippen LogP) is 3.37. The van der Waals surface area contributed by atoms with Gasteiger partial charge in [-0.25, -0.2) is 8.42 Å². The standard InChI is InChI=1S/C24H29N3O5S/c1-14-7-5-8-15(2)22(14)26-24(29)18-9-6-10-27(13-18)33(30,31)21-12-20-19(11-16(21)3)25-23(28)17(4)32-20/h5,7-8,11-12,17-18H,6,9-10,13H2,1-4H3,(H,25,28)(H,26,29)/t17-,18-/m1/s1. The number of anilines is 2. The van der Waals surface area contributed by atoms with Gasteiger partial charge in [0.2, 0.25) is 15.9 Å². The van der Waals surface area contributed by atoms with Crippen molar-refractivity contribution in [2.24, 2.45) is 5.92 Å². The van der Waals surface area contributed by atoms with Gasteiger partial charge in [-0.15, -0.1) is 0 Å². The van der Waals surface area contributed by atoms with Crippen LogP contribution in [0.15, 0.2) is 35.2 Å². The fourth-order valence-corrected chi connectivity index (χ4v) is 6.12. The van der Waals surface area contributed by atoms with Crippen molar-refractivity contribution in [1.82, 2.24) is 4.31 Å². The second kappa shape index (κ2) is 8.79. The number of fused-ring (bicyclic) bond motifs is 1. The number of sulfonamides is 1. The molecule has 2 aliphatic rings. The Labute approximate surface area is 194 Å².